The SMILES string of the molecule is Cc1ccc(-n2oc(=O)n(C)c2=O)cc1C. The highest BCUT2D eigenvalue weighted by Crippen LogP contribution is 2.11. The lowest BCUT2D eigenvalue weighted by molar-refractivity contribution is 0.312. The predicted molar refractivity (Wildman–Crippen MR) is 59.0 cm³/mol. The molecule has 0 aliphatic heterocycles. The Balaban J connectivity index is 2.68. The minimum atomic E-state index is -0.664. The van der Waals surface area contributed by atoms with Gasteiger partial charge in [0.1, 0.15) is 0 Å². The van der Waals surface area contributed by atoms with E-state index in [-0.39, 0.29) is 0 Å². The summed E-state index contributed by atoms with van der Waals surface area (Å²) in [6.07, 6.45) is 0. The predicted octanol–water partition coefficient (Wildman–Crippen LogP) is 0.746. The first-order chi connectivity index (χ1) is 7.50. The first-order valence-corrected chi connectivity index (χ1v) is 4.87. The average molecular weight is 220 g/mol. The summed E-state index contributed by atoms with van der Waals surface area (Å²) >= 11 is 0. The fourth-order valence-corrected chi connectivity index (χ4v) is 1.41. The average Bonchev–Trinajstić information content (AvgIpc) is 2.50. The molecule has 0 amide bonds. The largest absolute Gasteiger partial charge is 0.442 e. The fraction of sp³-hybridized carbons (Fsp3) is 0.273. The van der Waals surface area contributed by atoms with Crippen molar-refractivity contribution in [3.05, 3.63) is 50.4 Å². The van der Waals surface area contributed by atoms with Crippen molar-refractivity contribution >= 4 is 0 Å². The molecule has 0 aliphatic rings. The monoisotopic (exact) mass is 220 g/mol. The number of nitrogens with zero attached hydrogens (tertiary/aromatic N) is 2. The maximum Gasteiger partial charge on any atom is 0.442 e. The van der Waals surface area contributed by atoms with Crippen molar-refractivity contribution in [2.45, 2.75) is 13.8 Å². The smallest absolute Gasteiger partial charge is 0.312 e. The Morgan fingerprint density at radius 2 is 1.81 bits per heavy atom. The zero-order valence-electron chi connectivity index (χ0n) is 9.35. The molecule has 0 aliphatic carbocycles. The van der Waals surface area contributed by atoms with Crippen LogP contribution in [0.2, 0.25) is 0 Å². The second-order valence-corrected chi connectivity index (χ2v) is 3.76. The van der Waals surface area contributed by atoms with Crippen LogP contribution < -0.4 is 11.4 Å². The third-order valence-electron chi connectivity index (χ3n) is 2.63. The number of hydrogen-bond donors (Lipinski definition) is 0. The van der Waals surface area contributed by atoms with E-state index in [4.69, 9.17) is 4.52 Å². The van der Waals surface area contributed by atoms with Crippen molar-refractivity contribution in [2.75, 3.05) is 0 Å². The van der Waals surface area contributed by atoms with Crippen LogP contribution in [0.15, 0.2) is 32.3 Å². The Bertz CT molecular complexity index is 646. The van der Waals surface area contributed by atoms with Crippen molar-refractivity contribution in [3.63, 3.8) is 0 Å². The molecule has 0 N–H and O–H groups in total. The van der Waals surface area contributed by atoms with Crippen molar-refractivity contribution in [3.8, 4) is 5.69 Å². The van der Waals surface area contributed by atoms with Crippen molar-refractivity contribution in [2.24, 2.45) is 7.05 Å². The number of rotatable bonds is 1. The number of aryl methyl sites for hydroxylation is 2. The highest BCUT2D eigenvalue weighted by atomic mass is 16.5. The molecule has 5 heteroatoms. The van der Waals surface area contributed by atoms with Crippen LogP contribution in [0.4, 0.5) is 0 Å². The number of hydrogen-bond acceptors (Lipinski definition) is 3. The normalized spacial score (nSPS) is 10.7. The summed E-state index contributed by atoms with van der Waals surface area (Å²) in [5.74, 6) is -0.664. The van der Waals surface area contributed by atoms with E-state index in [2.05, 4.69) is 0 Å². The van der Waals surface area contributed by atoms with Gasteiger partial charge in [-0.2, -0.15) is 0 Å². The lowest BCUT2D eigenvalue weighted by atomic mass is 10.1. The molecule has 0 atom stereocenters. The first-order valence-electron chi connectivity index (χ1n) is 4.87. The van der Waals surface area contributed by atoms with Gasteiger partial charge in [0.2, 0.25) is 0 Å². The molecule has 0 saturated carbocycles. The Kier molecular flexibility index (Phi) is 2.30. The Labute approximate surface area is 91.5 Å². The third kappa shape index (κ3) is 1.50. The molecular formula is C11H12N2O3. The molecule has 5 nitrogen and oxygen atoms in total. The summed E-state index contributed by atoms with van der Waals surface area (Å²) in [6.45, 7) is 3.91. The van der Waals surface area contributed by atoms with E-state index < -0.39 is 11.4 Å². The minimum Gasteiger partial charge on any atom is -0.312 e. The second kappa shape index (κ2) is 3.52. The van der Waals surface area contributed by atoms with Crippen LogP contribution in [0.5, 0.6) is 0 Å². The van der Waals surface area contributed by atoms with Crippen LogP contribution in [0.25, 0.3) is 5.69 Å². The number of benzene rings is 1. The van der Waals surface area contributed by atoms with Gasteiger partial charge in [-0.05, 0) is 37.1 Å². The molecule has 0 saturated heterocycles. The lowest BCUT2D eigenvalue weighted by Gasteiger charge is -2.02. The minimum absolute atomic E-state index is 0.478. The third-order valence-corrected chi connectivity index (χ3v) is 2.63. The van der Waals surface area contributed by atoms with Gasteiger partial charge in [0.05, 0.1) is 5.69 Å². The van der Waals surface area contributed by atoms with E-state index in [0.29, 0.717) is 5.69 Å². The van der Waals surface area contributed by atoms with Gasteiger partial charge in [0, 0.05) is 7.05 Å². The van der Waals surface area contributed by atoms with Crippen LogP contribution in [-0.2, 0) is 7.05 Å². The molecule has 0 unspecified atom stereocenters. The highest BCUT2D eigenvalue weighted by molar-refractivity contribution is 5.38. The van der Waals surface area contributed by atoms with E-state index in [0.717, 1.165) is 20.4 Å². The first kappa shape index (κ1) is 10.5. The van der Waals surface area contributed by atoms with Gasteiger partial charge < -0.3 is 4.52 Å². The molecule has 1 aromatic heterocycles. The van der Waals surface area contributed by atoms with Crippen molar-refractivity contribution < 1.29 is 4.52 Å². The molecule has 0 radical (unpaired) electrons. The highest BCUT2D eigenvalue weighted by Gasteiger charge is 2.10. The van der Waals surface area contributed by atoms with E-state index >= 15 is 0 Å². The van der Waals surface area contributed by atoms with E-state index in [1.807, 2.05) is 19.9 Å². The summed E-state index contributed by atoms with van der Waals surface area (Å²) < 4.78 is 6.76. The topological polar surface area (TPSA) is 57.1 Å². The zero-order chi connectivity index (χ0) is 11.9. The maximum absolute atomic E-state index is 11.6. The fourth-order valence-electron chi connectivity index (χ4n) is 1.41. The zero-order valence-corrected chi connectivity index (χ0v) is 9.35. The molecule has 1 heterocycles. The Morgan fingerprint density at radius 3 is 2.31 bits per heavy atom. The van der Waals surface area contributed by atoms with Gasteiger partial charge in [-0.15, -0.1) is 4.74 Å². The standard InChI is InChI=1S/C11H12N2O3/c1-7-4-5-9(6-8(7)2)13-10(14)12(3)11(15)16-13/h4-6H,1-3H3. The summed E-state index contributed by atoms with van der Waals surface area (Å²) in [5, 5.41) is 0. The molecule has 84 valence electrons. The van der Waals surface area contributed by atoms with Crippen LogP contribution in [-0.4, -0.2) is 9.31 Å². The summed E-state index contributed by atoms with van der Waals surface area (Å²) in [6, 6.07) is 5.43. The molecule has 0 fully saturated rings. The van der Waals surface area contributed by atoms with Gasteiger partial charge in [-0.1, -0.05) is 6.07 Å². The maximum atomic E-state index is 11.6. The Hall–Kier alpha value is -2.04. The van der Waals surface area contributed by atoms with Crippen molar-refractivity contribution in [1.82, 2.24) is 9.31 Å². The summed E-state index contributed by atoms with van der Waals surface area (Å²) in [7, 11) is 1.38. The van der Waals surface area contributed by atoms with Crippen LogP contribution in [0.1, 0.15) is 11.1 Å². The second-order valence-electron chi connectivity index (χ2n) is 3.76. The van der Waals surface area contributed by atoms with E-state index in [1.165, 1.54) is 7.05 Å². The number of aromatic nitrogens is 2. The van der Waals surface area contributed by atoms with Crippen LogP contribution in [0.3, 0.4) is 0 Å². The lowest BCUT2D eigenvalue weighted by Crippen LogP contribution is -2.25. The van der Waals surface area contributed by atoms with Crippen LogP contribution >= 0.6 is 0 Å². The molecular weight excluding hydrogens is 208 g/mol. The summed E-state index contributed by atoms with van der Waals surface area (Å²) in [4.78, 5) is 22.8. The van der Waals surface area contributed by atoms with E-state index in [1.54, 1.807) is 12.1 Å². The van der Waals surface area contributed by atoms with Gasteiger partial charge in [0.15, 0.2) is 0 Å². The molecule has 16 heavy (non-hydrogen) atoms. The molecule has 2 rings (SSSR count). The molecule has 2 aromatic rings. The van der Waals surface area contributed by atoms with Crippen molar-refractivity contribution in [1.29, 1.82) is 0 Å². The van der Waals surface area contributed by atoms with Gasteiger partial charge in [0.25, 0.3) is 0 Å². The van der Waals surface area contributed by atoms with E-state index in [9.17, 15) is 9.59 Å². The molecule has 0 bridgehead atoms. The Morgan fingerprint density at radius 1 is 1.12 bits per heavy atom. The van der Waals surface area contributed by atoms with Gasteiger partial charge in [-0.25, -0.2) is 14.2 Å². The van der Waals surface area contributed by atoms with Crippen LogP contribution in [0, 0.1) is 13.8 Å². The summed E-state index contributed by atoms with van der Waals surface area (Å²) in [5.41, 5.74) is 2.24. The van der Waals surface area contributed by atoms with Gasteiger partial charge in [-0.3, -0.25) is 0 Å². The quantitative estimate of drug-likeness (QED) is 0.712. The molecule has 1 aromatic carbocycles. The van der Waals surface area contributed by atoms with Gasteiger partial charge >= 0.3 is 11.4 Å². The molecule has 0 spiro atoms.